The quantitative estimate of drug-likeness (QED) is 0.312. The van der Waals surface area contributed by atoms with Crippen molar-refractivity contribution in [2.45, 2.75) is 63.5 Å². The molecule has 0 unspecified atom stereocenters. The zero-order chi connectivity index (χ0) is 28.4. The van der Waals surface area contributed by atoms with Crippen molar-refractivity contribution in [2.24, 2.45) is 0 Å². The van der Waals surface area contributed by atoms with Gasteiger partial charge in [-0.1, -0.05) is 78.9 Å². The third kappa shape index (κ3) is 8.15. The van der Waals surface area contributed by atoms with E-state index in [4.69, 9.17) is 14.2 Å². The molecular weight excluding hydrogens is 518 g/mol. The number of rotatable bonds is 11. The second-order valence-corrected chi connectivity index (χ2v) is 10.9. The number of aliphatic hydroxyl groups excluding tert-OH is 1. The number of aliphatic hydroxyl groups is 1. The molecule has 3 aromatic rings. The molecule has 0 aliphatic carbocycles. The van der Waals surface area contributed by atoms with Crippen LogP contribution in [0.1, 0.15) is 59.5 Å². The maximum absolute atomic E-state index is 12.3. The van der Waals surface area contributed by atoms with Crippen LogP contribution >= 0.6 is 0 Å². The third-order valence-electron chi connectivity index (χ3n) is 7.91. The lowest BCUT2D eigenvalue weighted by Crippen LogP contribution is -2.42. The van der Waals surface area contributed by atoms with Crippen LogP contribution < -0.4 is 10.6 Å². The van der Waals surface area contributed by atoms with Gasteiger partial charge in [-0.25, -0.2) is 4.79 Å². The molecule has 2 amide bonds. The summed E-state index contributed by atoms with van der Waals surface area (Å²) in [6.07, 6.45) is 2.45. The van der Waals surface area contributed by atoms with Gasteiger partial charge in [-0.05, 0) is 41.6 Å². The molecule has 2 aliphatic rings. The number of hydrogen-bond donors (Lipinski definition) is 3. The lowest BCUT2D eigenvalue weighted by molar-refractivity contribution is -0.253. The number of benzene rings is 3. The van der Waals surface area contributed by atoms with Gasteiger partial charge in [0.05, 0.1) is 25.4 Å². The number of likely N-dealkylation sites (tertiary alicyclic amines) is 1. The smallest absolute Gasteiger partial charge is 0.315 e. The minimum absolute atomic E-state index is 0.00313. The average molecular weight is 560 g/mol. The van der Waals surface area contributed by atoms with Crippen LogP contribution in [0.4, 0.5) is 4.79 Å². The van der Waals surface area contributed by atoms with Crippen molar-refractivity contribution in [3.63, 3.8) is 0 Å². The Balaban J connectivity index is 1.22. The molecule has 2 heterocycles. The largest absolute Gasteiger partial charge is 0.392 e. The first kappa shape index (κ1) is 29.2. The van der Waals surface area contributed by atoms with Gasteiger partial charge in [0.2, 0.25) is 0 Å². The minimum Gasteiger partial charge on any atom is -0.392 e. The van der Waals surface area contributed by atoms with Gasteiger partial charge in [-0.15, -0.1) is 0 Å². The Morgan fingerprint density at radius 3 is 2.24 bits per heavy atom. The predicted molar refractivity (Wildman–Crippen MR) is 157 cm³/mol. The molecule has 2 saturated heterocycles. The summed E-state index contributed by atoms with van der Waals surface area (Å²) in [6, 6.07) is 26.1. The van der Waals surface area contributed by atoms with Gasteiger partial charge in [0.1, 0.15) is 0 Å². The van der Waals surface area contributed by atoms with Crippen molar-refractivity contribution in [1.29, 1.82) is 0 Å². The van der Waals surface area contributed by atoms with E-state index in [1.807, 2.05) is 78.9 Å². The van der Waals surface area contributed by atoms with E-state index < -0.39 is 6.29 Å². The number of carbonyl (C=O) groups is 1. The molecule has 0 spiro atoms. The molecule has 41 heavy (non-hydrogen) atoms. The summed E-state index contributed by atoms with van der Waals surface area (Å²) in [7, 11) is 1.76. The lowest BCUT2D eigenvalue weighted by atomic mass is 9.99. The topological polar surface area (TPSA) is 92.3 Å². The van der Waals surface area contributed by atoms with Crippen molar-refractivity contribution in [1.82, 2.24) is 15.5 Å². The van der Waals surface area contributed by atoms with Gasteiger partial charge >= 0.3 is 6.03 Å². The van der Waals surface area contributed by atoms with E-state index >= 15 is 0 Å². The zero-order valence-corrected chi connectivity index (χ0v) is 23.7. The van der Waals surface area contributed by atoms with Gasteiger partial charge in [0.25, 0.3) is 0 Å². The van der Waals surface area contributed by atoms with Gasteiger partial charge in [0.15, 0.2) is 6.29 Å². The highest BCUT2D eigenvalue weighted by Gasteiger charge is 2.35. The van der Waals surface area contributed by atoms with E-state index in [2.05, 4.69) is 15.5 Å². The van der Waals surface area contributed by atoms with E-state index in [-0.39, 0.29) is 24.8 Å². The Bertz CT molecular complexity index is 1220. The maximum Gasteiger partial charge on any atom is 0.315 e. The third-order valence-corrected chi connectivity index (χ3v) is 7.91. The van der Waals surface area contributed by atoms with Crippen LogP contribution in [0.3, 0.4) is 0 Å². The molecule has 0 bridgehead atoms. The monoisotopic (exact) mass is 559 g/mol. The summed E-state index contributed by atoms with van der Waals surface area (Å²) in [5.74, 6) is 0. The van der Waals surface area contributed by atoms with Crippen LogP contribution in [0.2, 0.25) is 0 Å². The fraction of sp³-hybridized carbons (Fsp3) is 0.424. The second-order valence-electron chi connectivity index (χ2n) is 10.9. The van der Waals surface area contributed by atoms with E-state index in [1.54, 1.807) is 7.11 Å². The maximum atomic E-state index is 12.3. The molecule has 8 heteroatoms. The highest BCUT2D eigenvalue weighted by Crippen LogP contribution is 2.38. The van der Waals surface area contributed by atoms with Gasteiger partial charge in [-0.3, -0.25) is 4.90 Å². The number of ether oxygens (including phenoxy) is 3. The summed E-state index contributed by atoms with van der Waals surface area (Å²) >= 11 is 0. The summed E-state index contributed by atoms with van der Waals surface area (Å²) in [5, 5.41) is 15.3. The molecule has 4 atom stereocenters. The summed E-state index contributed by atoms with van der Waals surface area (Å²) in [5.41, 5.74) is 4.95. The van der Waals surface area contributed by atoms with E-state index in [0.29, 0.717) is 19.1 Å². The average Bonchev–Trinajstić information content (AvgIpc) is 3.46. The normalized spacial score (nSPS) is 22.9. The Morgan fingerprint density at radius 1 is 0.902 bits per heavy atom. The number of methoxy groups -OCH3 is 1. The minimum atomic E-state index is -0.504. The second kappa shape index (κ2) is 14.6. The standard InChI is InChI=1S/C33H41N3O5/c1-39-23-29-8-5-17-36(29)21-30-18-31(27-13-11-26(22-37)12-14-27)41-32(40-30)28-15-9-25(10-16-28)20-35-33(38)34-19-24-6-3-2-4-7-24/h2-4,6-7,9-16,29-32,37H,5,8,17-23H2,1H3,(H2,34,35,38)/t29-,30+,31-,32-/m0/s1. The molecule has 8 nitrogen and oxygen atoms in total. The van der Waals surface area contributed by atoms with Crippen LogP contribution in [0.5, 0.6) is 0 Å². The Hall–Kier alpha value is -3.27. The first-order chi connectivity index (χ1) is 20.1. The fourth-order valence-corrected chi connectivity index (χ4v) is 5.63. The van der Waals surface area contributed by atoms with E-state index in [9.17, 15) is 9.90 Å². The molecular formula is C33H41N3O5. The van der Waals surface area contributed by atoms with E-state index in [1.165, 1.54) is 6.42 Å². The number of hydrogen-bond acceptors (Lipinski definition) is 6. The lowest BCUT2D eigenvalue weighted by Gasteiger charge is -2.38. The fourth-order valence-electron chi connectivity index (χ4n) is 5.63. The van der Waals surface area contributed by atoms with Crippen molar-refractivity contribution < 1.29 is 24.1 Å². The van der Waals surface area contributed by atoms with Gasteiger partial charge < -0.3 is 30.0 Å². The van der Waals surface area contributed by atoms with Crippen molar-refractivity contribution in [3.05, 3.63) is 107 Å². The molecule has 0 aromatic heterocycles. The first-order valence-corrected chi connectivity index (χ1v) is 14.5. The van der Waals surface area contributed by atoms with Crippen LogP contribution in [0.15, 0.2) is 78.9 Å². The predicted octanol–water partition coefficient (Wildman–Crippen LogP) is 4.83. The van der Waals surface area contributed by atoms with Crippen molar-refractivity contribution >= 4 is 6.03 Å². The summed E-state index contributed by atoms with van der Waals surface area (Å²) in [4.78, 5) is 14.8. The molecule has 5 rings (SSSR count). The van der Waals surface area contributed by atoms with Gasteiger partial charge in [-0.2, -0.15) is 0 Å². The number of nitrogens with one attached hydrogen (secondary N) is 2. The SMILES string of the molecule is COC[C@@H]1CCCN1C[C@H]1C[C@@H](c2ccc(CO)cc2)O[C@@H](c2ccc(CNC(=O)NCc3ccccc3)cc2)O1. The van der Waals surface area contributed by atoms with Crippen LogP contribution in [0, 0.1) is 0 Å². The Labute approximate surface area is 242 Å². The molecule has 0 radical (unpaired) electrons. The van der Waals surface area contributed by atoms with Crippen molar-refractivity contribution in [3.8, 4) is 0 Å². The Morgan fingerprint density at radius 2 is 1.56 bits per heavy atom. The first-order valence-electron chi connectivity index (χ1n) is 14.5. The number of amides is 2. The molecule has 3 aromatic carbocycles. The number of carbonyl (C=O) groups excluding carboxylic acids is 1. The van der Waals surface area contributed by atoms with Crippen LogP contribution in [-0.2, 0) is 33.9 Å². The van der Waals surface area contributed by atoms with Gasteiger partial charge in [0, 0.05) is 44.8 Å². The molecule has 0 saturated carbocycles. The van der Waals surface area contributed by atoms with Crippen LogP contribution in [-0.4, -0.2) is 55.0 Å². The molecule has 2 aliphatic heterocycles. The zero-order valence-electron chi connectivity index (χ0n) is 23.7. The molecule has 218 valence electrons. The summed E-state index contributed by atoms with van der Waals surface area (Å²) in [6.45, 7) is 3.54. The highest BCUT2D eigenvalue weighted by atomic mass is 16.7. The van der Waals surface area contributed by atoms with E-state index in [0.717, 1.165) is 60.4 Å². The van der Waals surface area contributed by atoms with Crippen LogP contribution in [0.25, 0.3) is 0 Å². The summed E-state index contributed by atoms with van der Waals surface area (Å²) < 4.78 is 18.5. The Kier molecular flexibility index (Phi) is 10.4. The van der Waals surface area contributed by atoms with Crippen molar-refractivity contribution in [2.75, 3.05) is 26.8 Å². The number of urea groups is 1. The highest BCUT2D eigenvalue weighted by molar-refractivity contribution is 5.73. The number of nitrogens with zero attached hydrogens (tertiary/aromatic N) is 1. The molecule has 2 fully saturated rings. The molecule has 3 N–H and O–H groups in total.